The Bertz CT molecular complexity index is 797. The maximum Gasteiger partial charge on any atom is 0.380 e. The van der Waals surface area contributed by atoms with Crippen LogP contribution in [0.25, 0.3) is 0 Å². The number of oxime groups is 1. The van der Waals surface area contributed by atoms with E-state index >= 15 is 0 Å². The number of nitrogens with zero attached hydrogens (tertiary/aromatic N) is 1. The topological polar surface area (TPSA) is 38.7 Å². The second-order valence-electron chi connectivity index (χ2n) is 6.10. The minimum atomic E-state index is -2.87. The van der Waals surface area contributed by atoms with Crippen LogP contribution in [0.3, 0.4) is 0 Å². The van der Waals surface area contributed by atoms with Gasteiger partial charge < -0.3 is 4.53 Å². The Labute approximate surface area is 155 Å². The molecular formula is C22H21NO2Si. The summed E-state index contributed by atoms with van der Waals surface area (Å²) in [5.41, 5.74) is 0.365. The van der Waals surface area contributed by atoms with Gasteiger partial charge in [0.15, 0.2) is 5.78 Å². The Morgan fingerprint density at radius 3 is 1.35 bits per heavy atom. The van der Waals surface area contributed by atoms with Crippen LogP contribution in [0, 0.1) is 0 Å². The van der Waals surface area contributed by atoms with Crippen molar-refractivity contribution in [2.75, 3.05) is 0 Å². The minimum Gasteiger partial charge on any atom is -0.438 e. The highest BCUT2D eigenvalue weighted by Crippen LogP contribution is 2.10. The Morgan fingerprint density at radius 1 is 0.692 bits per heavy atom. The predicted octanol–water partition coefficient (Wildman–Crippen LogP) is 2.64. The Hall–Kier alpha value is -2.98. The molecule has 0 saturated heterocycles. The summed E-state index contributed by atoms with van der Waals surface area (Å²) >= 11 is 0. The molecule has 0 aromatic heterocycles. The van der Waals surface area contributed by atoms with Crippen molar-refractivity contribution < 1.29 is 9.32 Å². The lowest BCUT2D eigenvalue weighted by Gasteiger charge is -2.30. The number of benzene rings is 3. The van der Waals surface area contributed by atoms with Crippen LogP contribution >= 0.6 is 0 Å². The number of hydrogen-bond donors (Lipinski definition) is 0. The molecule has 0 aliphatic carbocycles. The molecule has 0 heterocycles. The molecule has 0 aliphatic heterocycles. The van der Waals surface area contributed by atoms with Crippen LogP contribution in [-0.4, -0.2) is 19.8 Å². The van der Waals surface area contributed by atoms with Crippen molar-refractivity contribution in [3.8, 4) is 0 Å². The fourth-order valence-electron chi connectivity index (χ4n) is 2.88. The molecule has 0 amide bonds. The van der Waals surface area contributed by atoms with Gasteiger partial charge in [0.25, 0.3) is 0 Å². The molecular weight excluding hydrogens is 338 g/mol. The van der Waals surface area contributed by atoms with Crippen molar-refractivity contribution in [2.24, 2.45) is 5.16 Å². The first-order valence-corrected chi connectivity index (χ1v) is 10.5. The lowest BCUT2D eigenvalue weighted by atomic mass is 10.3. The third-order valence-electron chi connectivity index (χ3n) is 4.37. The third kappa shape index (κ3) is 3.50. The van der Waals surface area contributed by atoms with Crippen molar-refractivity contribution in [3.05, 3.63) is 91.0 Å². The smallest absolute Gasteiger partial charge is 0.380 e. The van der Waals surface area contributed by atoms with Gasteiger partial charge >= 0.3 is 8.32 Å². The van der Waals surface area contributed by atoms with Gasteiger partial charge in [0, 0.05) is 6.92 Å². The standard InChI is InChI=1S/C22H21NO2Si/c1-18(19(2)24)23-25-26(20-12-6-3-7-13-20,21-14-8-4-9-15-21)22-16-10-5-11-17-22/h3-17H,1-2H3. The van der Waals surface area contributed by atoms with Crippen molar-refractivity contribution >= 4 is 35.4 Å². The first-order chi connectivity index (χ1) is 12.6. The highest BCUT2D eigenvalue weighted by atomic mass is 28.4. The average Bonchev–Trinajstić information content (AvgIpc) is 2.70. The molecule has 3 nitrogen and oxygen atoms in total. The normalized spacial score (nSPS) is 11.8. The van der Waals surface area contributed by atoms with Crippen LogP contribution in [0.2, 0.25) is 0 Å². The zero-order chi connectivity index (χ0) is 18.4. The first-order valence-electron chi connectivity index (χ1n) is 8.55. The molecule has 0 N–H and O–H groups in total. The summed E-state index contributed by atoms with van der Waals surface area (Å²) in [6, 6.07) is 30.5. The summed E-state index contributed by atoms with van der Waals surface area (Å²) in [6.07, 6.45) is 0. The molecule has 0 aliphatic rings. The Kier molecular flexibility index (Phi) is 5.44. The van der Waals surface area contributed by atoms with Crippen LogP contribution in [0.4, 0.5) is 0 Å². The van der Waals surface area contributed by atoms with E-state index in [1.807, 2.05) is 54.6 Å². The maximum absolute atomic E-state index is 11.7. The molecule has 0 radical (unpaired) electrons. The van der Waals surface area contributed by atoms with Gasteiger partial charge in [-0.25, -0.2) is 0 Å². The van der Waals surface area contributed by atoms with Crippen LogP contribution < -0.4 is 15.6 Å². The van der Waals surface area contributed by atoms with Gasteiger partial charge in [0.1, 0.15) is 5.71 Å². The van der Waals surface area contributed by atoms with Gasteiger partial charge in [-0.2, -0.15) is 0 Å². The van der Waals surface area contributed by atoms with E-state index in [2.05, 4.69) is 41.6 Å². The Balaban J connectivity index is 2.28. The number of hydrogen-bond acceptors (Lipinski definition) is 3. The molecule has 3 aromatic carbocycles. The number of rotatable bonds is 6. The first kappa shape index (κ1) is 17.8. The van der Waals surface area contributed by atoms with E-state index in [0.717, 1.165) is 15.6 Å². The van der Waals surface area contributed by atoms with Gasteiger partial charge in [-0.05, 0) is 22.5 Å². The van der Waals surface area contributed by atoms with E-state index in [1.54, 1.807) is 6.92 Å². The molecule has 130 valence electrons. The molecule has 0 atom stereocenters. The van der Waals surface area contributed by atoms with E-state index in [0.29, 0.717) is 5.71 Å². The van der Waals surface area contributed by atoms with Gasteiger partial charge in [0.2, 0.25) is 0 Å². The molecule has 0 fully saturated rings. The maximum atomic E-state index is 11.7. The number of ketones is 1. The van der Waals surface area contributed by atoms with Crippen molar-refractivity contribution in [1.82, 2.24) is 0 Å². The molecule has 3 rings (SSSR count). The van der Waals surface area contributed by atoms with Crippen molar-refractivity contribution in [2.45, 2.75) is 13.8 Å². The van der Waals surface area contributed by atoms with E-state index in [9.17, 15) is 4.79 Å². The molecule has 0 unspecified atom stereocenters. The second kappa shape index (κ2) is 7.93. The quantitative estimate of drug-likeness (QED) is 0.294. The molecule has 0 spiro atoms. The van der Waals surface area contributed by atoms with Gasteiger partial charge in [-0.1, -0.05) is 91.0 Å². The van der Waals surface area contributed by atoms with Crippen LogP contribution in [0.1, 0.15) is 13.8 Å². The van der Waals surface area contributed by atoms with Gasteiger partial charge in [-0.15, -0.1) is 5.16 Å². The monoisotopic (exact) mass is 359 g/mol. The number of carbonyl (C=O) groups is 1. The number of Topliss-reactive ketones (excluding diaryl/α,β-unsaturated/α-hetero) is 1. The highest BCUT2D eigenvalue weighted by Gasteiger charge is 2.44. The summed E-state index contributed by atoms with van der Waals surface area (Å²) in [6.45, 7) is 3.18. The molecule has 4 heteroatoms. The molecule has 0 bridgehead atoms. The van der Waals surface area contributed by atoms with Crippen molar-refractivity contribution in [1.29, 1.82) is 0 Å². The zero-order valence-electron chi connectivity index (χ0n) is 14.9. The molecule has 0 saturated carbocycles. The van der Waals surface area contributed by atoms with Crippen LogP contribution in [-0.2, 0) is 9.32 Å². The predicted molar refractivity (Wildman–Crippen MR) is 109 cm³/mol. The Morgan fingerprint density at radius 2 is 1.04 bits per heavy atom. The zero-order valence-corrected chi connectivity index (χ0v) is 15.9. The number of carbonyl (C=O) groups excluding carboxylic acids is 1. The SMILES string of the molecule is CC(=O)C(C)=NO[Si](c1ccccc1)(c1ccccc1)c1ccccc1. The van der Waals surface area contributed by atoms with Crippen LogP contribution in [0.5, 0.6) is 0 Å². The fraction of sp³-hybridized carbons (Fsp3) is 0.0909. The average molecular weight is 360 g/mol. The largest absolute Gasteiger partial charge is 0.438 e. The fourth-order valence-corrected chi connectivity index (χ4v) is 6.45. The lowest BCUT2D eigenvalue weighted by Crippen LogP contribution is -2.68. The minimum absolute atomic E-state index is 0.0953. The second-order valence-corrected chi connectivity index (χ2v) is 9.38. The molecule has 3 aromatic rings. The summed E-state index contributed by atoms with van der Waals surface area (Å²) in [5.74, 6) is -0.0953. The van der Waals surface area contributed by atoms with E-state index in [1.165, 1.54) is 6.92 Å². The summed E-state index contributed by atoms with van der Waals surface area (Å²) in [7, 11) is -2.87. The van der Waals surface area contributed by atoms with Gasteiger partial charge in [0.05, 0.1) is 0 Å². The van der Waals surface area contributed by atoms with Gasteiger partial charge in [-0.3, -0.25) is 4.79 Å². The highest BCUT2D eigenvalue weighted by molar-refractivity contribution is 7.07. The van der Waals surface area contributed by atoms with Crippen LogP contribution in [0.15, 0.2) is 96.2 Å². The van der Waals surface area contributed by atoms with E-state index < -0.39 is 8.32 Å². The van der Waals surface area contributed by atoms with E-state index in [-0.39, 0.29) is 5.78 Å². The lowest BCUT2D eigenvalue weighted by molar-refractivity contribution is -0.111. The summed E-state index contributed by atoms with van der Waals surface area (Å²) < 4.78 is 6.32. The van der Waals surface area contributed by atoms with Crippen molar-refractivity contribution in [3.63, 3.8) is 0 Å². The third-order valence-corrected chi connectivity index (χ3v) is 8.17. The summed E-state index contributed by atoms with van der Waals surface area (Å²) in [4.78, 5) is 11.7. The van der Waals surface area contributed by atoms with E-state index in [4.69, 9.17) is 4.53 Å². The summed E-state index contributed by atoms with van der Waals surface area (Å²) in [5, 5.41) is 7.50. The molecule has 26 heavy (non-hydrogen) atoms.